The van der Waals surface area contributed by atoms with Crippen LogP contribution < -0.4 is 9.64 Å². The van der Waals surface area contributed by atoms with Crippen LogP contribution in [-0.2, 0) is 0 Å². The highest BCUT2D eigenvalue weighted by Gasteiger charge is 2.12. The number of anilines is 1. The first-order chi connectivity index (χ1) is 6.56. The van der Waals surface area contributed by atoms with Crippen LogP contribution in [0.3, 0.4) is 0 Å². The fraction of sp³-hybridized carbons (Fsp3) is 0.222. The lowest BCUT2D eigenvalue weighted by atomic mass is 10.3. The van der Waals surface area contributed by atoms with Crippen LogP contribution >= 0.6 is 31.9 Å². The molecular weight excluding hydrogens is 314 g/mol. The lowest BCUT2D eigenvalue weighted by Crippen LogP contribution is -2.19. The van der Waals surface area contributed by atoms with E-state index in [1.54, 1.807) is 20.2 Å². The molecule has 0 saturated carbocycles. The van der Waals surface area contributed by atoms with E-state index in [1.807, 2.05) is 12.1 Å². The quantitative estimate of drug-likeness (QED) is 0.617. The summed E-state index contributed by atoms with van der Waals surface area (Å²) in [6.07, 6.45) is 0. The van der Waals surface area contributed by atoms with E-state index in [-0.39, 0.29) is 4.82 Å². The van der Waals surface area contributed by atoms with E-state index in [2.05, 4.69) is 31.9 Å². The Morgan fingerprint density at radius 3 is 2.64 bits per heavy atom. The van der Waals surface area contributed by atoms with Crippen molar-refractivity contribution < 1.29 is 9.53 Å². The minimum Gasteiger partial charge on any atom is -0.495 e. The number of amides is 1. The fourth-order valence-electron chi connectivity index (χ4n) is 1.02. The van der Waals surface area contributed by atoms with Gasteiger partial charge in [-0.15, -0.1) is 0 Å². The summed E-state index contributed by atoms with van der Waals surface area (Å²) in [6, 6.07) is 5.47. The lowest BCUT2D eigenvalue weighted by Gasteiger charge is -2.17. The van der Waals surface area contributed by atoms with E-state index in [1.165, 1.54) is 4.90 Å². The maximum Gasteiger partial charge on any atom is 0.293 e. The maximum atomic E-state index is 11.1. The minimum absolute atomic E-state index is 0.214. The molecule has 0 bridgehead atoms. The molecule has 0 atom stereocenters. The number of hydrogen-bond acceptors (Lipinski definition) is 2. The van der Waals surface area contributed by atoms with Crippen molar-refractivity contribution in [3.8, 4) is 5.75 Å². The van der Waals surface area contributed by atoms with Crippen molar-refractivity contribution in [3.05, 3.63) is 22.7 Å². The van der Waals surface area contributed by atoms with Crippen molar-refractivity contribution in [1.29, 1.82) is 0 Å². The molecule has 0 N–H and O–H groups in total. The van der Waals surface area contributed by atoms with E-state index in [4.69, 9.17) is 4.74 Å². The SMILES string of the molecule is COc1ccc(Br)cc1N(C)C(=O)Br. The fourth-order valence-corrected chi connectivity index (χ4v) is 1.56. The third-order valence-corrected chi connectivity index (χ3v) is 2.79. The highest BCUT2D eigenvalue weighted by Crippen LogP contribution is 2.31. The van der Waals surface area contributed by atoms with E-state index in [0.29, 0.717) is 11.4 Å². The van der Waals surface area contributed by atoms with Crippen LogP contribution in [0.1, 0.15) is 0 Å². The molecule has 0 unspecified atom stereocenters. The van der Waals surface area contributed by atoms with Crippen LogP contribution in [-0.4, -0.2) is 19.0 Å². The summed E-state index contributed by atoms with van der Waals surface area (Å²) in [5.41, 5.74) is 0.712. The van der Waals surface area contributed by atoms with Gasteiger partial charge in [0.05, 0.1) is 12.8 Å². The molecule has 1 aromatic carbocycles. The summed E-state index contributed by atoms with van der Waals surface area (Å²) in [5.74, 6) is 0.656. The number of ether oxygens (including phenoxy) is 1. The molecule has 0 aromatic heterocycles. The van der Waals surface area contributed by atoms with Gasteiger partial charge in [-0.3, -0.25) is 4.79 Å². The second-order valence-corrected chi connectivity index (χ2v) is 4.22. The summed E-state index contributed by atoms with van der Waals surface area (Å²) in [4.78, 5) is 12.3. The number of carbonyl (C=O) groups is 1. The average Bonchev–Trinajstić information content (AvgIpc) is 2.16. The number of halogens is 2. The van der Waals surface area contributed by atoms with Crippen LogP contribution in [0.25, 0.3) is 0 Å². The molecule has 1 amide bonds. The van der Waals surface area contributed by atoms with Crippen LogP contribution in [0.15, 0.2) is 22.7 Å². The lowest BCUT2D eigenvalue weighted by molar-refractivity contribution is 0.266. The van der Waals surface area contributed by atoms with Crippen LogP contribution in [0, 0.1) is 0 Å². The Morgan fingerprint density at radius 1 is 1.50 bits per heavy atom. The Morgan fingerprint density at radius 2 is 2.14 bits per heavy atom. The zero-order valence-corrected chi connectivity index (χ0v) is 10.9. The minimum atomic E-state index is -0.214. The zero-order valence-electron chi connectivity index (χ0n) is 7.75. The van der Waals surface area contributed by atoms with Gasteiger partial charge in [0.2, 0.25) is 0 Å². The number of benzene rings is 1. The van der Waals surface area contributed by atoms with E-state index in [9.17, 15) is 4.79 Å². The second-order valence-electron chi connectivity index (χ2n) is 2.63. The standard InChI is InChI=1S/C9H9Br2NO2/c1-12(9(11)13)7-5-6(10)3-4-8(7)14-2/h3-5H,1-2H3. The van der Waals surface area contributed by atoms with Crippen molar-refractivity contribution in [2.75, 3.05) is 19.1 Å². The molecule has 3 nitrogen and oxygen atoms in total. The number of hydrogen-bond donors (Lipinski definition) is 0. The van der Waals surface area contributed by atoms with Gasteiger partial charge in [0.1, 0.15) is 5.75 Å². The third-order valence-electron chi connectivity index (χ3n) is 1.77. The Bertz CT molecular complexity index is 355. The van der Waals surface area contributed by atoms with Crippen molar-refractivity contribution >= 4 is 42.4 Å². The molecular formula is C9H9Br2NO2. The topological polar surface area (TPSA) is 29.5 Å². The number of carbonyl (C=O) groups excluding carboxylic acids is 1. The molecule has 0 fully saturated rings. The number of methoxy groups -OCH3 is 1. The zero-order chi connectivity index (χ0) is 10.7. The summed E-state index contributed by atoms with van der Waals surface area (Å²) in [7, 11) is 3.24. The van der Waals surface area contributed by atoms with Gasteiger partial charge in [-0.1, -0.05) is 15.9 Å². The largest absolute Gasteiger partial charge is 0.495 e. The molecule has 0 heterocycles. The van der Waals surface area contributed by atoms with Gasteiger partial charge in [0.25, 0.3) is 4.82 Å². The highest BCUT2D eigenvalue weighted by atomic mass is 79.9. The predicted octanol–water partition coefficient (Wildman–Crippen LogP) is 3.41. The van der Waals surface area contributed by atoms with Gasteiger partial charge in [0.15, 0.2) is 0 Å². The molecule has 0 aliphatic heterocycles. The van der Waals surface area contributed by atoms with Crippen molar-refractivity contribution in [1.82, 2.24) is 0 Å². The van der Waals surface area contributed by atoms with Crippen molar-refractivity contribution in [2.45, 2.75) is 0 Å². The highest BCUT2D eigenvalue weighted by molar-refractivity contribution is 9.18. The van der Waals surface area contributed by atoms with Gasteiger partial charge in [-0.05, 0) is 18.2 Å². The number of nitrogens with zero attached hydrogens (tertiary/aromatic N) is 1. The summed E-state index contributed by atoms with van der Waals surface area (Å²) < 4.78 is 6.03. The van der Waals surface area contributed by atoms with E-state index < -0.39 is 0 Å². The van der Waals surface area contributed by atoms with Crippen LogP contribution in [0.4, 0.5) is 10.5 Å². The molecule has 0 aliphatic carbocycles. The Balaban J connectivity index is 3.16. The maximum absolute atomic E-state index is 11.1. The predicted molar refractivity (Wildman–Crippen MR) is 63.4 cm³/mol. The smallest absolute Gasteiger partial charge is 0.293 e. The third kappa shape index (κ3) is 2.48. The monoisotopic (exact) mass is 321 g/mol. The molecule has 0 spiro atoms. The van der Waals surface area contributed by atoms with Gasteiger partial charge < -0.3 is 9.64 Å². The van der Waals surface area contributed by atoms with E-state index in [0.717, 1.165) is 4.47 Å². The molecule has 76 valence electrons. The first-order valence-corrected chi connectivity index (χ1v) is 5.41. The van der Waals surface area contributed by atoms with E-state index >= 15 is 0 Å². The molecule has 1 aromatic rings. The molecule has 0 radical (unpaired) electrons. The Hall–Kier alpha value is -0.550. The van der Waals surface area contributed by atoms with Crippen LogP contribution in [0.2, 0.25) is 0 Å². The normalized spacial score (nSPS) is 9.71. The van der Waals surface area contributed by atoms with Gasteiger partial charge >= 0.3 is 0 Å². The first kappa shape index (κ1) is 11.5. The van der Waals surface area contributed by atoms with Crippen LogP contribution in [0.5, 0.6) is 5.75 Å². The molecule has 5 heteroatoms. The van der Waals surface area contributed by atoms with Crippen molar-refractivity contribution in [3.63, 3.8) is 0 Å². The van der Waals surface area contributed by atoms with Gasteiger partial charge in [-0.2, -0.15) is 0 Å². The first-order valence-electron chi connectivity index (χ1n) is 3.83. The average molecular weight is 323 g/mol. The molecule has 1 rings (SSSR count). The molecule has 0 saturated heterocycles. The molecule has 14 heavy (non-hydrogen) atoms. The Labute approximate surface area is 99.3 Å². The summed E-state index contributed by atoms with van der Waals surface area (Å²) >= 11 is 6.21. The summed E-state index contributed by atoms with van der Waals surface area (Å²) in [6.45, 7) is 0. The second kappa shape index (κ2) is 4.79. The summed E-state index contributed by atoms with van der Waals surface area (Å²) in [5, 5.41) is 0. The van der Waals surface area contributed by atoms with Gasteiger partial charge in [-0.25, -0.2) is 0 Å². The molecule has 0 aliphatic rings. The number of rotatable bonds is 2. The van der Waals surface area contributed by atoms with Crippen molar-refractivity contribution in [2.24, 2.45) is 0 Å². The van der Waals surface area contributed by atoms with Gasteiger partial charge in [0, 0.05) is 27.5 Å². The Kier molecular flexibility index (Phi) is 3.95.